The van der Waals surface area contributed by atoms with Gasteiger partial charge in [-0.05, 0) is 6.42 Å². The predicted octanol–water partition coefficient (Wildman–Crippen LogP) is 1.70. The number of carboxylic acids is 1. The van der Waals surface area contributed by atoms with Gasteiger partial charge in [0.05, 0.1) is 0 Å². The van der Waals surface area contributed by atoms with E-state index in [1.165, 1.54) is 0 Å². The Morgan fingerprint density at radius 1 is 1.28 bits per heavy atom. The number of unbranched alkanes of at least 4 members (excludes halogenated alkanes) is 1. The number of aliphatic carboxylic acids is 1. The maximum Gasteiger partial charge on any atom is 0.321 e. The molecular formula is C12H18NO4S-. The van der Waals surface area contributed by atoms with Gasteiger partial charge in [-0.2, -0.15) is 0 Å². The van der Waals surface area contributed by atoms with Crippen molar-refractivity contribution in [2.24, 2.45) is 0 Å². The monoisotopic (exact) mass is 272 g/mol. The Morgan fingerprint density at radius 3 is 2.00 bits per heavy atom. The van der Waals surface area contributed by atoms with E-state index in [0.717, 1.165) is 6.42 Å². The molecule has 0 saturated carbocycles. The molecule has 0 saturated heterocycles. The molecule has 0 aliphatic heterocycles. The van der Waals surface area contributed by atoms with Crippen molar-refractivity contribution in [2.75, 3.05) is 0 Å². The molecule has 1 aromatic carbocycles. The fourth-order valence-electron chi connectivity index (χ4n) is 1.14. The Bertz CT molecular complexity index is 318. The van der Waals surface area contributed by atoms with Crippen LogP contribution in [0.4, 0.5) is 0 Å². The average molecular weight is 272 g/mol. The number of hydrogen-bond acceptors (Lipinski definition) is 3. The molecular weight excluding hydrogens is 254 g/mol. The lowest BCUT2D eigenvalue weighted by Crippen LogP contribution is -2.37. The minimum Gasteiger partial charge on any atom is -0.760 e. The summed E-state index contributed by atoms with van der Waals surface area (Å²) in [6.45, 7) is 1.91. The predicted molar refractivity (Wildman–Crippen MR) is 69.4 cm³/mol. The van der Waals surface area contributed by atoms with Crippen LogP contribution in [-0.4, -0.2) is 25.9 Å². The Hall–Kier alpha value is -1.24. The zero-order valence-electron chi connectivity index (χ0n) is 10.2. The highest BCUT2D eigenvalue weighted by Crippen LogP contribution is 2.00. The highest BCUT2D eigenvalue weighted by molar-refractivity contribution is 7.77. The molecule has 5 nitrogen and oxygen atoms in total. The molecule has 0 aliphatic rings. The largest absolute Gasteiger partial charge is 0.760 e. The summed E-state index contributed by atoms with van der Waals surface area (Å²) >= 11 is -2.50. The second-order valence-electron chi connectivity index (χ2n) is 3.54. The van der Waals surface area contributed by atoms with Gasteiger partial charge in [0.1, 0.15) is 6.04 Å². The summed E-state index contributed by atoms with van der Waals surface area (Å²) in [4.78, 5) is 10.4. The fraction of sp³-hybridized carbons (Fsp3) is 0.417. The molecule has 0 aliphatic carbocycles. The minimum atomic E-state index is -2.50. The van der Waals surface area contributed by atoms with Gasteiger partial charge in [-0.1, -0.05) is 56.2 Å². The van der Waals surface area contributed by atoms with Crippen molar-refractivity contribution < 1.29 is 18.7 Å². The van der Waals surface area contributed by atoms with E-state index in [0.29, 0.717) is 12.8 Å². The summed E-state index contributed by atoms with van der Waals surface area (Å²) < 4.78 is 22.1. The quantitative estimate of drug-likeness (QED) is 0.771. The van der Waals surface area contributed by atoms with Gasteiger partial charge in [0.2, 0.25) is 0 Å². The second kappa shape index (κ2) is 10.9. The molecule has 0 amide bonds. The fourth-order valence-corrected chi connectivity index (χ4v) is 1.59. The zero-order chi connectivity index (χ0) is 13.8. The number of nitrogens with one attached hydrogen (secondary N) is 1. The molecule has 0 aromatic heterocycles. The first kappa shape index (κ1) is 16.8. The molecule has 102 valence electrons. The zero-order valence-corrected chi connectivity index (χ0v) is 11.1. The lowest BCUT2D eigenvalue weighted by Gasteiger charge is -2.14. The average Bonchev–Trinajstić information content (AvgIpc) is 2.36. The van der Waals surface area contributed by atoms with Crippen LogP contribution < -0.4 is 4.72 Å². The Labute approximate surface area is 110 Å². The van der Waals surface area contributed by atoms with Crippen molar-refractivity contribution in [3.8, 4) is 0 Å². The SMILES string of the molecule is CCCCC(NS(=O)[O-])C(=O)O.c1ccccc1. The van der Waals surface area contributed by atoms with Crippen LogP contribution in [0.2, 0.25) is 0 Å². The summed E-state index contributed by atoms with van der Waals surface area (Å²) in [5.74, 6) is -1.13. The van der Waals surface area contributed by atoms with Crippen molar-refractivity contribution in [3.63, 3.8) is 0 Å². The van der Waals surface area contributed by atoms with Gasteiger partial charge >= 0.3 is 5.97 Å². The third-order valence-corrected chi connectivity index (χ3v) is 2.53. The molecule has 18 heavy (non-hydrogen) atoms. The van der Waals surface area contributed by atoms with Gasteiger partial charge in [0.25, 0.3) is 0 Å². The summed E-state index contributed by atoms with van der Waals surface area (Å²) in [6, 6.07) is 11.0. The first-order chi connectivity index (χ1) is 8.57. The third kappa shape index (κ3) is 9.95. The highest BCUT2D eigenvalue weighted by Gasteiger charge is 2.15. The van der Waals surface area contributed by atoms with Crippen LogP contribution in [0, 0.1) is 0 Å². The van der Waals surface area contributed by atoms with E-state index < -0.39 is 23.3 Å². The smallest absolute Gasteiger partial charge is 0.321 e. The van der Waals surface area contributed by atoms with E-state index in [9.17, 15) is 13.6 Å². The summed E-state index contributed by atoms with van der Waals surface area (Å²) in [6.07, 6.45) is 1.87. The molecule has 0 spiro atoms. The number of carboxylic acid groups (broad SMARTS) is 1. The standard InChI is InChI=1S/C6H13NO4S.C6H6/c1-2-3-4-5(6(8)9)7-12(10)11;1-2-4-6-5-3-1/h5,7H,2-4H2,1H3,(H,8,9)(H,10,11);1-6H/p-1. The van der Waals surface area contributed by atoms with E-state index in [4.69, 9.17) is 5.11 Å². The maximum absolute atomic E-state index is 10.4. The minimum absolute atomic E-state index is 0.333. The summed E-state index contributed by atoms with van der Waals surface area (Å²) in [5, 5.41) is 8.51. The Kier molecular flexibility index (Phi) is 10.1. The number of rotatable bonds is 6. The molecule has 1 rings (SSSR count). The highest BCUT2D eigenvalue weighted by atomic mass is 32.2. The third-order valence-electron chi connectivity index (χ3n) is 2.05. The number of carbonyl (C=O) groups is 1. The van der Waals surface area contributed by atoms with Crippen molar-refractivity contribution in [2.45, 2.75) is 32.2 Å². The maximum atomic E-state index is 10.4. The number of benzene rings is 1. The van der Waals surface area contributed by atoms with Crippen molar-refractivity contribution in [1.82, 2.24) is 4.72 Å². The van der Waals surface area contributed by atoms with Crippen molar-refractivity contribution in [1.29, 1.82) is 0 Å². The molecule has 0 radical (unpaired) electrons. The van der Waals surface area contributed by atoms with Gasteiger partial charge in [-0.25, -0.2) is 4.72 Å². The van der Waals surface area contributed by atoms with Crippen LogP contribution in [-0.2, 0) is 16.1 Å². The van der Waals surface area contributed by atoms with E-state index in [-0.39, 0.29) is 0 Å². The molecule has 2 unspecified atom stereocenters. The number of hydrogen-bond donors (Lipinski definition) is 2. The first-order valence-corrected chi connectivity index (χ1v) is 6.73. The van der Waals surface area contributed by atoms with E-state index in [1.54, 1.807) is 0 Å². The summed E-state index contributed by atoms with van der Waals surface area (Å²) in [5.41, 5.74) is 0. The first-order valence-electron chi connectivity index (χ1n) is 5.66. The van der Waals surface area contributed by atoms with Gasteiger partial charge in [-0.15, -0.1) is 0 Å². The van der Waals surface area contributed by atoms with E-state index in [1.807, 2.05) is 48.0 Å². The van der Waals surface area contributed by atoms with Gasteiger partial charge in [0.15, 0.2) is 0 Å². The molecule has 2 N–H and O–H groups in total. The van der Waals surface area contributed by atoms with Gasteiger partial charge in [-0.3, -0.25) is 9.00 Å². The van der Waals surface area contributed by atoms with Crippen molar-refractivity contribution >= 4 is 17.2 Å². The van der Waals surface area contributed by atoms with Crippen LogP contribution >= 0.6 is 0 Å². The molecule has 0 heterocycles. The van der Waals surface area contributed by atoms with E-state index >= 15 is 0 Å². The Balaban J connectivity index is 0.000000397. The van der Waals surface area contributed by atoms with Crippen molar-refractivity contribution in [3.05, 3.63) is 36.4 Å². The lowest BCUT2D eigenvalue weighted by atomic mass is 10.1. The Morgan fingerprint density at radius 2 is 1.72 bits per heavy atom. The molecule has 0 fully saturated rings. The van der Waals surface area contributed by atoms with Crippen LogP contribution in [0.15, 0.2) is 36.4 Å². The van der Waals surface area contributed by atoms with Crippen LogP contribution in [0.5, 0.6) is 0 Å². The molecule has 2 atom stereocenters. The van der Waals surface area contributed by atoms with Crippen LogP contribution in [0.1, 0.15) is 26.2 Å². The van der Waals surface area contributed by atoms with Gasteiger partial charge in [0, 0.05) is 11.3 Å². The summed E-state index contributed by atoms with van der Waals surface area (Å²) in [7, 11) is 0. The second-order valence-corrected chi connectivity index (χ2v) is 4.25. The molecule has 0 bridgehead atoms. The van der Waals surface area contributed by atoms with Gasteiger partial charge < -0.3 is 9.66 Å². The molecule has 1 aromatic rings. The van der Waals surface area contributed by atoms with Crippen LogP contribution in [0.3, 0.4) is 0 Å². The topological polar surface area (TPSA) is 89.5 Å². The van der Waals surface area contributed by atoms with E-state index in [2.05, 4.69) is 0 Å². The molecule has 6 heteroatoms. The normalized spacial score (nSPS) is 13.0. The van der Waals surface area contributed by atoms with Crippen LogP contribution in [0.25, 0.3) is 0 Å². The lowest BCUT2D eigenvalue weighted by molar-refractivity contribution is -0.139.